The van der Waals surface area contributed by atoms with Gasteiger partial charge in [-0.3, -0.25) is 9.05 Å². The lowest BCUT2D eigenvalue weighted by atomic mass is 10.4. The highest BCUT2D eigenvalue weighted by Crippen LogP contribution is 2.43. The number of hydrogen-bond acceptors (Lipinski definition) is 6. The Kier molecular flexibility index (Phi) is 5.07. The van der Waals surface area contributed by atoms with E-state index in [4.69, 9.17) is 19.3 Å². The predicted molar refractivity (Wildman–Crippen MR) is 56.9 cm³/mol. The Morgan fingerprint density at radius 2 is 2.29 bits per heavy atom. The van der Waals surface area contributed by atoms with Gasteiger partial charge in [-0.2, -0.15) is 5.26 Å². The van der Waals surface area contributed by atoms with Crippen LogP contribution in [0.2, 0.25) is 0 Å². The average Bonchev–Trinajstić information content (AvgIpc) is 2.56. The van der Waals surface area contributed by atoms with Crippen molar-refractivity contribution in [1.82, 2.24) is 0 Å². The van der Waals surface area contributed by atoms with Gasteiger partial charge in [-0.15, -0.1) is 0 Å². The monoisotopic (exact) mass is 265 g/mol. The standard InChI is InChI=1S/C9H16NO6P/c1-9(2)13-6-8(16-9)7-15-17(11,12)14-5-3-4-10/h8H,3,5-7H2,1-2H3,(H,11,12). The van der Waals surface area contributed by atoms with Gasteiger partial charge >= 0.3 is 7.82 Å². The van der Waals surface area contributed by atoms with Crippen LogP contribution in [0, 0.1) is 11.3 Å². The summed E-state index contributed by atoms with van der Waals surface area (Å²) in [5.74, 6) is -0.699. The van der Waals surface area contributed by atoms with E-state index >= 15 is 0 Å². The Labute approximate surface area is 99.8 Å². The number of nitrogens with zero attached hydrogens (tertiary/aromatic N) is 1. The fourth-order valence-electron chi connectivity index (χ4n) is 1.27. The summed E-state index contributed by atoms with van der Waals surface area (Å²) in [7, 11) is -4.10. The zero-order chi connectivity index (χ0) is 12.9. The molecule has 7 nitrogen and oxygen atoms in total. The number of phosphoric acid groups is 1. The molecule has 17 heavy (non-hydrogen) atoms. The van der Waals surface area contributed by atoms with Gasteiger partial charge in [-0.25, -0.2) is 4.57 Å². The normalized spacial score (nSPS) is 26.4. The van der Waals surface area contributed by atoms with E-state index in [0.717, 1.165) is 0 Å². The molecular formula is C9H16NO6P. The minimum Gasteiger partial charge on any atom is -0.348 e. The average molecular weight is 265 g/mol. The van der Waals surface area contributed by atoms with Gasteiger partial charge in [-0.1, -0.05) is 0 Å². The van der Waals surface area contributed by atoms with Crippen LogP contribution in [-0.4, -0.2) is 36.6 Å². The van der Waals surface area contributed by atoms with E-state index in [0.29, 0.717) is 6.61 Å². The smallest absolute Gasteiger partial charge is 0.348 e. The summed E-state index contributed by atoms with van der Waals surface area (Å²) < 4.78 is 31.2. The Balaban J connectivity index is 2.26. The van der Waals surface area contributed by atoms with Crippen molar-refractivity contribution in [2.24, 2.45) is 0 Å². The third kappa shape index (κ3) is 5.59. The van der Waals surface area contributed by atoms with E-state index in [1.165, 1.54) is 0 Å². The first-order valence-corrected chi connectivity index (χ1v) is 6.65. The quantitative estimate of drug-likeness (QED) is 0.568. The molecule has 1 fully saturated rings. The van der Waals surface area contributed by atoms with Crippen molar-refractivity contribution in [3.63, 3.8) is 0 Å². The Hall–Kier alpha value is -0.480. The summed E-state index contributed by atoms with van der Waals surface area (Å²) >= 11 is 0. The van der Waals surface area contributed by atoms with Crippen LogP contribution in [0.25, 0.3) is 0 Å². The maximum Gasteiger partial charge on any atom is 0.472 e. The fraction of sp³-hybridized carbons (Fsp3) is 0.889. The van der Waals surface area contributed by atoms with Crippen molar-refractivity contribution >= 4 is 7.82 Å². The second-order valence-electron chi connectivity index (χ2n) is 3.96. The van der Waals surface area contributed by atoms with Crippen LogP contribution >= 0.6 is 7.82 Å². The van der Waals surface area contributed by atoms with Crippen LogP contribution in [0.4, 0.5) is 0 Å². The molecule has 1 saturated heterocycles. The zero-order valence-corrected chi connectivity index (χ0v) is 10.7. The van der Waals surface area contributed by atoms with Gasteiger partial charge in [0.2, 0.25) is 0 Å². The van der Waals surface area contributed by atoms with Crippen LogP contribution in [-0.2, 0) is 23.1 Å². The fourth-order valence-corrected chi connectivity index (χ4v) is 2.02. The van der Waals surface area contributed by atoms with Gasteiger partial charge in [0.05, 0.1) is 32.3 Å². The molecule has 2 unspecified atom stereocenters. The summed E-state index contributed by atoms with van der Waals surface area (Å²) in [6.45, 7) is 3.55. The molecule has 8 heteroatoms. The lowest BCUT2D eigenvalue weighted by Gasteiger charge is -2.17. The van der Waals surface area contributed by atoms with Gasteiger partial charge in [0, 0.05) is 0 Å². The van der Waals surface area contributed by atoms with Crippen molar-refractivity contribution in [2.45, 2.75) is 32.2 Å². The van der Waals surface area contributed by atoms with Gasteiger partial charge in [0.15, 0.2) is 5.79 Å². The van der Waals surface area contributed by atoms with E-state index in [9.17, 15) is 9.46 Å². The largest absolute Gasteiger partial charge is 0.472 e. The summed E-state index contributed by atoms with van der Waals surface area (Å²) in [5.41, 5.74) is 0. The molecule has 98 valence electrons. The van der Waals surface area contributed by atoms with Crippen LogP contribution in [0.3, 0.4) is 0 Å². The number of ether oxygens (including phenoxy) is 2. The van der Waals surface area contributed by atoms with Crippen molar-refractivity contribution in [3.05, 3.63) is 0 Å². The summed E-state index contributed by atoms with van der Waals surface area (Å²) in [6, 6.07) is 1.79. The van der Waals surface area contributed by atoms with Crippen molar-refractivity contribution < 1.29 is 28.0 Å². The molecule has 0 aliphatic carbocycles. The van der Waals surface area contributed by atoms with Gasteiger partial charge < -0.3 is 14.4 Å². The Bertz CT molecular complexity index is 339. The minimum absolute atomic E-state index is 0.0317. The zero-order valence-electron chi connectivity index (χ0n) is 9.79. The number of nitriles is 1. The third-order valence-electron chi connectivity index (χ3n) is 1.96. The maximum absolute atomic E-state index is 11.3. The van der Waals surface area contributed by atoms with Crippen LogP contribution in [0.5, 0.6) is 0 Å². The second kappa shape index (κ2) is 5.91. The number of phosphoric ester groups is 1. The topological polar surface area (TPSA) is 98.0 Å². The molecule has 1 N–H and O–H groups in total. The molecule has 0 aromatic heterocycles. The molecule has 0 amide bonds. The second-order valence-corrected chi connectivity index (χ2v) is 5.41. The predicted octanol–water partition coefficient (Wildman–Crippen LogP) is 1.19. The highest BCUT2D eigenvalue weighted by atomic mass is 31.2. The Morgan fingerprint density at radius 3 is 2.82 bits per heavy atom. The van der Waals surface area contributed by atoms with E-state index in [1.807, 2.05) is 0 Å². The van der Waals surface area contributed by atoms with E-state index in [1.54, 1.807) is 19.9 Å². The number of rotatable bonds is 6. The molecular weight excluding hydrogens is 249 g/mol. The van der Waals surface area contributed by atoms with Crippen LogP contribution < -0.4 is 0 Å². The minimum atomic E-state index is -4.10. The summed E-state index contributed by atoms with van der Waals surface area (Å²) in [5, 5.41) is 8.24. The molecule has 1 rings (SSSR count). The van der Waals surface area contributed by atoms with Crippen molar-refractivity contribution in [2.75, 3.05) is 19.8 Å². The lowest BCUT2D eigenvalue weighted by Crippen LogP contribution is -2.23. The molecule has 0 aromatic rings. The van der Waals surface area contributed by atoms with Crippen LogP contribution in [0.1, 0.15) is 20.3 Å². The highest BCUT2D eigenvalue weighted by molar-refractivity contribution is 7.47. The first-order valence-electron chi connectivity index (χ1n) is 5.15. The molecule has 0 bridgehead atoms. The molecule has 1 aliphatic rings. The summed E-state index contributed by atoms with van der Waals surface area (Å²) in [4.78, 5) is 9.24. The molecule has 1 heterocycles. The van der Waals surface area contributed by atoms with Crippen LogP contribution in [0.15, 0.2) is 0 Å². The SMILES string of the molecule is CC1(C)OCC(COP(=O)(O)OCCC#N)O1. The Morgan fingerprint density at radius 1 is 1.59 bits per heavy atom. The molecule has 0 saturated carbocycles. The van der Waals surface area contributed by atoms with Gasteiger partial charge in [0.25, 0.3) is 0 Å². The molecule has 2 atom stereocenters. The molecule has 1 aliphatic heterocycles. The third-order valence-corrected chi connectivity index (χ3v) is 2.94. The first-order chi connectivity index (χ1) is 7.85. The van der Waals surface area contributed by atoms with Gasteiger partial charge in [-0.05, 0) is 13.8 Å². The van der Waals surface area contributed by atoms with Crippen molar-refractivity contribution in [3.8, 4) is 6.07 Å². The summed E-state index contributed by atoms with van der Waals surface area (Å²) in [6.07, 6.45) is -0.366. The first kappa shape index (κ1) is 14.6. The molecule has 0 spiro atoms. The van der Waals surface area contributed by atoms with E-state index in [-0.39, 0.29) is 19.6 Å². The lowest BCUT2D eigenvalue weighted by molar-refractivity contribution is -0.142. The van der Waals surface area contributed by atoms with Gasteiger partial charge in [0.1, 0.15) is 6.10 Å². The highest BCUT2D eigenvalue weighted by Gasteiger charge is 2.34. The van der Waals surface area contributed by atoms with E-state index in [2.05, 4.69) is 4.52 Å². The molecule has 0 aromatic carbocycles. The van der Waals surface area contributed by atoms with Crippen molar-refractivity contribution in [1.29, 1.82) is 5.26 Å². The molecule has 0 radical (unpaired) electrons. The van der Waals surface area contributed by atoms with E-state index < -0.39 is 19.7 Å². The number of hydrogen-bond donors (Lipinski definition) is 1. The maximum atomic E-state index is 11.3.